The van der Waals surface area contributed by atoms with Gasteiger partial charge in [0.1, 0.15) is 17.8 Å². The number of phosphoric acid groups is 3. The van der Waals surface area contributed by atoms with Gasteiger partial charge in [0, 0.05) is 12.3 Å². The van der Waals surface area contributed by atoms with Crippen LogP contribution in [0.5, 0.6) is 0 Å². The minimum absolute atomic E-state index is 0.718. The molecule has 17 nitrogen and oxygen atoms in total. The Morgan fingerprint density at radius 1 is 1.17 bits per heavy atom. The third-order valence-electron chi connectivity index (χ3n) is 3.68. The number of ether oxygens (including phenoxy) is 1. The van der Waals surface area contributed by atoms with E-state index in [1.807, 2.05) is 4.98 Å². The van der Waals surface area contributed by atoms with Crippen molar-refractivity contribution < 1.29 is 61.4 Å². The summed E-state index contributed by atoms with van der Waals surface area (Å²) < 4.78 is 50.9. The maximum atomic E-state index is 11.9. The summed E-state index contributed by atoms with van der Waals surface area (Å²) >= 11 is 0. The van der Waals surface area contributed by atoms with Gasteiger partial charge >= 0.3 is 29.2 Å². The van der Waals surface area contributed by atoms with Crippen molar-refractivity contribution >= 4 is 23.5 Å². The molecule has 0 aliphatic carbocycles. The molecule has 1 saturated heterocycles. The van der Waals surface area contributed by atoms with Crippen LogP contribution in [0.1, 0.15) is 13.2 Å². The molecule has 1 aliphatic heterocycles. The smallest absolute Gasteiger partial charge is 0.387 e. The summed E-state index contributed by atoms with van der Waals surface area (Å²) in [6.07, 6.45) is -4.08. The molecule has 2 rings (SSSR count). The van der Waals surface area contributed by atoms with Gasteiger partial charge in [0.25, 0.3) is 5.56 Å². The van der Waals surface area contributed by atoms with Crippen LogP contribution in [-0.4, -0.2) is 63.8 Å². The highest BCUT2D eigenvalue weighted by atomic mass is 31.3. The molecule has 1 fully saturated rings. The maximum Gasteiger partial charge on any atom is 0.490 e. The summed E-state index contributed by atoms with van der Waals surface area (Å²) in [5.41, 5.74) is -3.93. The summed E-state index contributed by atoms with van der Waals surface area (Å²) in [7, 11) is -16.8. The van der Waals surface area contributed by atoms with Crippen LogP contribution in [0.15, 0.2) is 21.9 Å². The molecule has 1 aliphatic rings. The fourth-order valence-corrected chi connectivity index (χ4v) is 5.49. The largest absolute Gasteiger partial charge is 0.490 e. The van der Waals surface area contributed by atoms with Gasteiger partial charge in [-0.15, -0.1) is 0 Å². The molecule has 7 N–H and O–H groups in total. The number of rotatable bonds is 8. The van der Waals surface area contributed by atoms with E-state index in [9.17, 15) is 38.4 Å². The Kier molecular flexibility index (Phi) is 7.14. The zero-order valence-corrected chi connectivity index (χ0v) is 17.4. The summed E-state index contributed by atoms with van der Waals surface area (Å²) in [5.74, 6) is 0. The Labute approximate surface area is 165 Å². The second-order valence-corrected chi connectivity index (χ2v) is 10.5. The average molecular weight is 498 g/mol. The molecule has 0 spiro atoms. The van der Waals surface area contributed by atoms with E-state index in [-0.39, 0.29) is 0 Å². The van der Waals surface area contributed by atoms with Crippen LogP contribution in [0.3, 0.4) is 0 Å². The van der Waals surface area contributed by atoms with Gasteiger partial charge in [-0.2, -0.15) is 8.62 Å². The Morgan fingerprint density at radius 2 is 1.77 bits per heavy atom. The van der Waals surface area contributed by atoms with E-state index in [4.69, 9.17) is 19.4 Å². The molecule has 1 aromatic rings. The zero-order chi connectivity index (χ0) is 23.1. The van der Waals surface area contributed by atoms with E-state index in [0.717, 1.165) is 23.8 Å². The third kappa shape index (κ3) is 6.24. The molecular weight excluding hydrogens is 481 g/mol. The molecule has 30 heavy (non-hydrogen) atoms. The fourth-order valence-electron chi connectivity index (χ4n) is 2.46. The highest BCUT2D eigenvalue weighted by Gasteiger charge is 2.54. The van der Waals surface area contributed by atoms with Gasteiger partial charge in [-0.05, 0) is 6.92 Å². The first kappa shape index (κ1) is 25.2. The van der Waals surface area contributed by atoms with Crippen molar-refractivity contribution in [1.29, 1.82) is 0 Å². The predicted octanol–water partition coefficient (Wildman–Crippen LogP) is -2.11. The zero-order valence-electron chi connectivity index (χ0n) is 14.7. The summed E-state index contributed by atoms with van der Waals surface area (Å²) in [6, 6.07) is 0.923. The molecule has 0 aromatic carbocycles. The SMILES string of the molecule is C[C@]1(O)C(n2ccc(=O)[nH]c2=O)O[C@H](COP(=O)(O)OP(=O)(O)OP(=O)(O)O)[C@H]1O. The van der Waals surface area contributed by atoms with Crippen molar-refractivity contribution in [2.75, 3.05) is 6.61 Å². The third-order valence-corrected chi connectivity index (χ3v) is 7.48. The molecule has 0 radical (unpaired) electrons. The lowest BCUT2D eigenvalue weighted by molar-refractivity contribution is -0.0986. The lowest BCUT2D eigenvalue weighted by Gasteiger charge is -2.27. The van der Waals surface area contributed by atoms with Gasteiger partial charge in [-0.1, -0.05) is 0 Å². The molecule has 6 atom stereocenters. The van der Waals surface area contributed by atoms with Gasteiger partial charge < -0.3 is 34.5 Å². The number of aliphatic hydroxyl groups is 2. The van der Waals surface area contributed by atoms with E-state index in [1.165, 1.54) is 0 Å². The minimum atomic E-state index is -5.74. The first-order valence-corrected chi connectivity index (χ1v) is 12.1. The van der Waals surface area contributed by atoms with Crippen molar-refractivity contribution in [2.45, 2.75) is 31.0 Å². The molecule has 0 amide bonds. The van der Waals surface area contributed by atoms with Crippen LogP contribution in [-0.2, 0) is 31.6 Å². The summed E-state index contributed by atoms with van der Waals surface area (Å²) in [6.45, 7) is -0.0136. The number of aliphatic hydroxyl groups excluding tert-OH is 1. The quantitative estimate of drug-likeness (QED) is 0.189. The predicted molar refractivity (Wildman–Crippen MR) is 91.7 cm³/mol. The summed E-state index contributed by atoms with van der Waals surface area (Å²) in [4.78, 5) is 60.3. The molecular formula is C10H17N2O15P3. The highest BCUT2D eigenvalue weighted by Crippen LogP contribution is 2.66. The number of hydrogen-bond acceptors (Lipinski definition) is 11. The van der Waals surface area contributed by atoms with E-state index in [2.05, 4.69) is 13.1 Å². The molecule has 1 aromatic heterocycles. The van der Waals surface area contributed by atoms with Crippen LogP contribution in [0.2, 0.25) is 0 Å². The number of aromatic amines is 1. The Morgan fingerprint density at radius 3 is 2.30 bits per heavy atom. The van der Waals surface area contributed by atoms with E-state index < -0.39 is 65.4 Å². The second-order valence-electron chi connectivity index (χ2n) is 6.10. The molecule has 0 saturated carbocycles. The molecule has 172 valence electrons. The first-order chi connectivity index (χ1) is 13.4. The van der Waals surface area contributed by atoms with Crippen molar-refractivity contribution in [2.24, 2.45) is 0 Å². The number of nitrogens with zero attached hydrogens (tertiary/aromatic N) is 1. The highest BCUT2D eigenvalue weighted by molar-refractivity contribution is 7.66. The Bertz CT molecular complexity index is 1040. The number of hydrogen-bond donors (Lipinski definition) is 7. The summed E-state index contributed by atoms with van der Waals surface area (Å²) in [5, 5.41) is 20.6. The van der Waals surface area contributed by atoms with Crippen LogP contribution in [0, 0.1) is 0 Å². The van der Waals surface area contributed by atoms with Crippen LogP contribution in [0.25, 0.3) is 0 Å². The molecule has 2 heterocycles. The number of H-pyrrole nitrogens is 1. The minimum Gasteiger partial charge on any atom is -0.387 e. The van der Waals surface area contributed by atoms with Crippen molar-refractivity contribution in [3.05, 3.63) is 33.1 Å². The number of phosphoric ester groups is 1. The molecule has 0 bridgehead atoms. The van der Waals surface area contributed by atoms with Crippen LogP contribution < -0.4 is 11.2 Å². The Balaban J connectivity index is 2.13. The van der Waals surface area contributed by atoms with Crippen LogP contribution in [0.4, 0.5) is 0 Å². The van der Waals surface area contributed by atoms with Gasteiger partial charge in [-0.3, -0.25) is 18.9 Å². The van der Waals surface area contributed by atoms with Gasteiger partial charge in [-0.25, -0.2) is 18.5 Å². The van der Waals surface area contributed by atoms with Crippen LogP contribution >= 0.6 is 23.5 Å². The number of aromatic nitrogens is 2. The fraction of sp³-hybridized carbons (Fsp3) is 0.600. The molecule has 3 unspecified atom stereocenters. The molecule has 20 heteroatoms. The topological polar surface area (TPSA) is 264 Å². The van der Waals surface area contributed by atoms with Gasteiger partial charge in [0.05, 0.1) is 6.61 Å². The lowest BCUT2D eigenvalue weighted by Crippen LogP contribution is -2.46. The average Bonchev–Trinajstić information content (AvgIpc) is 2.73. The Hall–Kier alpha value is -1.03. The second kappa shape index (κ2) is 8.48. The van der Waals surface area contributed by atoms with Gasteiger partial charge in [0.2, 0.25) is 0 Å². The maximum absolute atomic E-state index is 11.9. The van der Waals surface area contributed by atoms with E-state index in [0.29, 0.717) is 0 Å². The monoisotopic (exact) mass is 498 g/mol. The van der Waals surface area contributed by atoms with Crippen molar-refractivity contribution in [3.63, 3.8) is 0 Å². The van der Waals surface area contributed by atoms with E-state index in [1.54, 1.807) is 0 Å². The normalized spacial score (nSPS) is 31.2. The van der Waals surface area contributed by atoms with E-state index >= 15 is 0 Å². The van der Waals surface area contributed by atoms with Crippen molar-refractivity contribution in [3.8, 4) is 0 Å². The standard InChI is InChI=1S/C10H17N2O15P3/c1-10(16)7(14)5(25-8(10)12-3-2-6(13)11-9(12)15)4-24-29(20,21)27-30(22,23)26-28(17,18)19/h2-3,5,7-8,14,16H,4H2,1H3,(H,20,21)(H,22,23)(H,11,13,15)(H2,17,18,19)/t5-,7-,8?,10-/m1/s1. The first-order valence-electron chi connectivity index (χ1n) is 7.59. The van der Waals surface area contributed by atoms with Gasteiger partial charge in [0.15, 0.2) is 6.23 Å². The van der Waals surface area contributed by atoms with Crippen molar-refractivity contribution in [1.82, 2.24) is 9.55 Å². The number of nitrogens with one attached hydrogen (secondary N) is 1. The lowest BCUT2D eigenvalue weighted by atomic mass is 9.96.